The highest BCUT2D eigenvalue weighted by Gasteiger charge is 2.05. The molecule has 0 saturated carbocycles. The molecule has 0 atom stereocenters. The summed E-state index contributed by atoms with van der Waals surface area (Å²) in [7, 11) is 0. The van der Waals surface area contributed by atoms with E-state index < -0.39 is 5.91 Å². The largest absolute Gasteiger partial charge is 0.483 e. The minimum atomic E-state index is -0.397. The standard InChI is InChI=1S/C12H16N2O3/c1-3-10-6-4-5-7-11(10)17-8-12(16)14-13-9(2)15/h4-7H,3,8H2,1-2H3,(H,13,15)(H,14,16). The van der Waals surface area contributed by atoms with Crippen LogP contribution in [0.5, 0.6) is 5.75 Å². The molecule has 5 heteroatoms. The number of carbonyl (C=O) groups excluding carboxylic acids is 2. The molecule has 1 aromatic carbocycles. The Morgan fingerprint density at radius 3 is 2.59 bits per heavy atom. The van der Waals surface area contributed by atoms with Crippen LogP contribution in [0.2, 0.25) is 0 Å². The minimum Gasteiger partial charge on any atom is -0.483 e. The minimum absolute atomic E-state index is 0.128. The third-order valence-corrected chi connectivity index (χ3v) is 2.09. The third-order valence-electron chi connectivity index (χ3n) is 2.09. The second kappa shape index (κ2) is 6.52. The summed E-state index contributed by atoms with van der Waals surface area (Å²) in [5, 5.41) is 0. The van der Waals surface area contributed by atoms with Crippen molar-refractivity contribution in [1.82, 2.24) is 10.9 Å². The van der Waals surface area contributed by atoms with Gasteiger partial charge in [-0.3, -0.25) is 20.4 Å². The molecular formula is C12H16N2O3. The summed E-state index contributed by atoms with van der Waals surface area (Å²) in [5.74, 6) is -0.0358. The van der Waals surface area contributed by atoms with Crippen molar-refractivity contribution in [1.29, 1.82) is 0 Å². The number of hydrogen-bond acceptors (Lipinski definition) is 3. The van der Waals surface area contributed by atoms with Gasteiger partial charge >= 0.3 is 0 Å². The normalized spacial score (nSPS) is 9.53. The van der Waals surface area contributed by atoms with Crippen LogP contribution in [0.4, 0.5) is 0 Å². The Balaban J connectivity index is 2.44. The highest BCUT2D eigenvalue weighted by Crippen LogP contribution is 2.17. The number of para-hydroxylation sites is 1. The molecule has 92 valence electrons. The van der Waals surface area contributed by atoms with Crippen LogP contribution in [0.15, 0.2) is 24.3 Å². The second-order valence-electron chi connectivity index (χ2n) is 3.48. The van der Waals surface area contributed by atoms with E-state index in [-0.39, 0.29) is 12.5 Å². The van der Waals surface area contributed by atoms with E-state index in [0.717, 1.165) is 12.0 Å². The van der Waals surface area contributed by atoms with Crippen molar-refractivity contribution in [2.75, 3.05) is 6.61 Å². The molecule has 2 amide bonds. The number of amides is 2. The number of hydrogen-bond donors (Lipinski definition) is 2. The van der Waals surface area contributed by atoms with Gasteiger partial charge in [-0.15, -0.1) is 0 Å². The molecule has 0 aliphatic rings. The molecule has 0 heterocycles. The molecule has 0 aliphatic carbocycles. The zero-order valence-corrected chi connectivity index (χ0v) is 9.95. The number of ether oxygens (including phenoxy) is 1. The quantitative estimate of drug-likeness (QED) is 0.760. The van der Waals surface area contributed by atoms with Gasteiger partial charge in [0.15, 0.2) is 6.61 Å². The Hall–Kier alpha value is -2.04. The number of rotatable bonds is 4. The first-order chi connectivity index (χ1) is 8.13. The fourth-order valence-electron chi connectivity index (χ4n) is 1.27. The monoisotopic (exact) mass is 236 g/mol. The van der Waals surface area contributed by atoms with Gasteiger partial charge in [-0.05, 0) is 18.1 Å². The average molecular weight is 236 g/mol. The van der Waals surface area contributed by atoms with Crippen LogP contribution in [0.1, 0.15) is 19.4 Å². The Labute approximate surface area is 100 Å². The predicted molar refractivity (Wildman–Crippen MR) is 63.3 cm³/mol. The molecule has 0 spiro atoms. The number of hydrazine groups is 1. The lowest BCUT2D eigenvalue weighted by atomic mass is 10.1. The van der Waals surface area contributed by atoms with E-state index in [9.17, 15) is 9.59 Å². The van der Waals surface area contributed by atoms with E-state index in [1.165, 1.54) is 6.92 Å². The van der Waals surface area contributed by atoms with Crippen molar-refractivity contribution >= 4 is 11.8 Å². The van der Waals surface area contributed by atoms with E-state index in [1.807, 2.05) is 31.2 Å². The lowest BCUT2D eigenvalue weighted by Crippen LogP contribution is -2.42. The fraction of sp³-hybridized carbons (Fsp3) is 0.333. The van der Waals surface area contributed by atoms with Crippen molar-refractivity contribution in [3.63, 3.8) is 0 Å². The van der Waals surface area contributed by atoms with Crippen LogP contribution in [0.3, 0.4) is 0 Å². The van der Waals surface area contributed by atoms with Crippen LogP contribution >= 0.6 is 0 Å². The van der Waals surface area contributed by atoms with Gasteiger partial charge in [0.25, 0.3) is 5.91 Å². The van der Waals surface area contributed by atoms with Crippen LogP contribution in [0.25, 0.3) is 0 Å². The lowest BCUT2D eigenvalue weighted by Gasteiger charge is -2.10. The molecule has 5 nitrogen and oxygen atoms in total. The van der Waals surface area contributed by atoms with Gasteiger partial charge in [-0.2, -0.15) is 0 Å². The van der Waals surface area contributed by atoms with Gasteiger partial charge in [0.1, 0.15) is 5.75 Å². The van der Waals surface area contributed by atoms with Gasteiger partial charge in [-0.1, -0.05) is 25.1 Å². The van der Waals surface area contributed by atoms with E-state index in [4.69, 9.17) is 4.74 Å². The fourth-order valence-corrected chi connectivity index (χ4v) is 1.27. The Bertz CT molecular complexity index is 404. The van der Waals surface area contributed by atoms with E-state index in [0.29, 0.717) is 5.75 Å². The van der Waals surface area contributed by atoms with Crippen LogP contribution in [-0.4, -0.2) is 18.4 Å². The maximum atomic E-state index is 11.3. The summed E-state index contributed by atoms with van der Waals surface area (Å²) in [5.41, 5.74) is 5.46. The summed E-state index contributed by atoms with van der Waals surface area (Å²) in [4.78, 5) is 21.8. The topological polar surface area (TPSA) is 67.4 Å². The molecule has 0 aliphatic heterocycles. The zero-order chi connectivity index (χ0) is 12.7. The molecule has 0 fully saturated rings. The molecule has 0 saturated heterocycles. The summed E-state index contributed by atoms with van der Waals surface area (Å²) in [6, 6.07) is 7.52. The third kappa shape index (κ3) is 4.55. The van der Waals surface area contributed by atoms with Gasteiger partial charge in [0.05, 0.1) is 0 Å². The molecule has 2 N–H and O–H groups in total. The number of nitrogens with one attached hydrogen (secondary N) is 2. The van der Waals surface area contributed by atoms with Crippen LogP contribution < -0.4 is 15.6 Å². The maximum absolute atomic E-state index is 11.3. The number of aryl methyl sites for hydroxylation is 1. The molecular weight excluding hydrogens is 220 g/mol. The second-order valence-corrected chi connectivity index (χ2v) is 3.48. The highest BCUT2D eigenvalue weighted by molar-refractivity contribution is 5.81. The first kappa shape index (κ1) is 13.0. The van der Waals surface area contributed by atoms with E-state index in [2.05, 4.69) is 10.9 Å². The predicted octanol–water partition coefficient (Wildman–Crippen LogP) is 0.795. The SMILES string of the molecule is CCc1ccccc1OCC(=O)NNC(C)=O. The zero-order valence-electron chi connectivity index (χ0n) is 9.95. The molecule has 0 radical (unpaired) electrons. The Morgan fingerprint density at radius 2 is 1.94 bits per heavy atom. The molecule has 0 bridgehead atoms. The van der Waals surface area contributed by atoms with Crippen LogP contribution in [-0.2, 0) is 16.0 Å². The van der Waals surface area contributed by atoms with Crippen molar-refractivity contribution in [2.24, 2.45) is 0 Å². The van der Waals surface area contributed by atoms with Crippen molar-refractivity contribution in [3.05, 3.63) is 29.8 Å². The van der Waals surface area contributed by atoms with E-state index in [1.54, 1.807) is 0 Å². The van der Waals surface area contributed by atoms with Gasteiger partial charge < -0.3 is 4.74 Å². The summed E-state index contributed by atoms with van der Waals surface area (Å²) >= 11 is 0. The van der Waals surface area contributed by atoms with Crippen molar-refractivity contribution in [2.45, 2.75) is 20.3 Å². The smallest absolute Gasteiger partial charge is 0.276 e. The first-order valence-corrected chi connectivity index (χ1v) is 5.39. The molecule has 1 rings (SSSR count). The van der Waals surface area contributed by atoms with Crippen molar-refractivity contribution < 1.29 is 14.3 Å². The molecule has 17 heavy (non-hydrogen) atoms. The first-order valence-electron chi connectivity index (χ1n) is 5.39. The van der Waals surface area contributed by atoms with Gasteiger partial charge in [0, 0.05) is 6.92 Å². The highest BCUT2D eigenvalue weighted by atomic mass is 16.5. The van der Waals surface area contributed by atoms with Gasteiger partial charge in [-0.25, -0.2) is 0 Å². The summed E-state index contributed by atoms with van der Waals surface area (Å²) in [6.07, 6.45) is 0.837. The Morgan fingerprint density at radius 1 is 1.24 bits per heavy atom. The van der Waals surface area contributed by atoms with E-state index >= 15 is 0 Å². The summed E-state index contributed by atoms with van der Waals surface area (Å²) in [6.45, 7) is 3.20. The number of benzene rings is 1. The number of carbonyl (C=O) groups is 2. The molecule has 0 unspecified atom stereocenters. The molecule has 1 aromatic rings. The van der Waals surface area contributed by atoms with Crippen molar-refractivity contribution in [3.8, 4) is 5.75 Å². The summed E-state index contributed by atoms with van der Waals surface area (Å²) < 4.78 is 5.36. The lowest BCUT2D eigenvalue weighted by molar-refractivity contribution is -0.129. The van der Waals surface area contributed by atoms with Gasteiger partial charge in [0.2, 0.25) is 5.91 Å². The maximum Gasteiger partial charge on any atom is 0.276 e. The average Bonchev–Trinajstić information content (AvgIpc) is 2.34. The Kier molecular flexibility index (Phi) is 5.00. The van der Waals surface area contributed by atoms with Crippen LogP contribution in [0, 0.1) is 0 Å². The molecule has 0 aromatic heterocycles.